The minimum atomic E-state index is 0.453. The third-order valence-electron chi connectivity index (χ3n) is 5.20. The van der Waals surface area contributed by atoms with Gasteiger partial charge in [-0.25, -0.2) is 4.98 Å². The second-order valence-corrected chi connectivity index (χ2v) is 7.39. The third-order valence-corrected chi connectivity index (χ3v) is 5.20. The standard InChI is InChI=1S/C24H24N4O2/c1-17-5-3-4-6-23(17)30-10-9-29-21-12-20-16-28(8-7-22(20)26-15-21)24-18(2)11-19(13-25)14-27-24/h3-6,11-12,14-15H,7-10,16H2,1-2H3. The van der Waals surface area contributed by atoms with Crippen LogP contribution in [0.25, 0.3) is 0 Å². The fourth-order valence-corrected chi connectivity index (χ4v) is 3.65. The van der Waals surface area contributed by atoms with Gasteiger partial charge in [0.25, 0.3) is 0 Å². The minimum absolute atomic E-state index is 0.453. The fraction of sp³-hybridized carbons (Fsp3) is 0.292. The summed E-state index contributed by atoms with van der Waals surface area (Å²) in [5.41, 5.74) is 4.94. The van der Waals surface area contributed by atoms with Crippen LogP contribution in [0.3, 0.4) is 0 Å². The van der Waals surface area contributed by atoms with Crippen LogP contribution >= 0.6 is 0 Å². The Morgan fingerprint density at radius 1 is 1.03 bits per heavy atom. The second-order valence-electron chi connectivity index (χ2n) is 7.39. The van der Waals surface area contributed by atoms with Crippen molar-refractivity contribution in [1.29, 1.82) is 5.26 Å². The number of ether oxygens (including phenoxy) is 2. The summed E-state index contributed by atoms with van der Waals surface area (Å²) in [5, 5.41) is 9.06. The molecule has 30 heavy (non-hydrogen) atoms. The van der Waals surface area contributed by atoms with Crippen LogP contribution in [0.1, 0.15) is 27.9 Å². The lowest BCUT2D eigenvalue weighted by atomic mass is 10.0. The predicted molar refractivity (Wildman–Crippen MR) is 115 cm³/mol. The predicted octanol–water partition coefficient (Wildman–Crippen LogP) is 3.99. The molecule has 0 radical (unpaired) electrons. The topological polar surface area (TPSA) is 71.3 Å². The molecule has 0 bridgehead atoms. The number of nitriles is 1. The molecule has 4 rings (SSSR count). The molecule has 0 unspecified atom stereocenters. The van der Waals surface area contributed by atoms with Crippen LogP contribution in [0, 0.1) is 25.2 Å². The van der Waals surface area contributed by atoms with Gasteiger partial charge in [-0.05, 0) is 48.7 Å². The average Bonchev–Trinajstić information content (AvgIpc) is 2.77. The Balaban J connectivity index is 1.38. The lowest BCUT2D eigenvalue weighted by molar-refractivity contribution is 0.215. The number of rotatable bonds is 6. The Morgan fingerprint density at radius 3 is 2.67 bits per heavy atom. The zero-order chi connectivity index (χ0) is 20.9. The first-order valence-electron chi connectivity index (χ1n) is 10.0. The number of nitrogens with zero attached hydrogens (tertiary/aromatic N) is 4. The summed E-state index contributed by atoms with van der Waals surface area (Å²) in [6.07, 6.45) is 4.27. The van der Waals surface area contributed by atoms with Crippen molar-refractivity contribution in [2.75, 3.05) is 24.7 Å². The van der Waals surface area contributed by atoms with Gasteiger partial charge in [-0.3, -0.25) is 4.98 Å². The Kier molecular flexibility index (Phi) is 5.80. The van der Waals surface area contributed by atoms with Crippen molar-refractivity contribution in [2.45, 2.75) is 26.8 Å². The first-order valence-corrected chi connectivity index (χ1v) is 10.0. The molecule has 0 aliphatic carbocycles. The molecule has 1 aliphatic rings. The highest BCUT2D eigenvalue weighted by atomic mass is 16.5. The SMILES string of the molecule is Cc1ccccc1OCCOc1cnc2c(c1)CN(c1ncc(C#N)cc1C)CC2. The molecule has 3 aromatic rings. The molecular weight excluding hydrogens is 376 g/mol. The maximum atomic E-state index is 9.06. The van der Waals surface area contributed by atoms with Crippen LogP contribution in [-0.2, 0) is 13.0 Å². The Hall–Kier alpha value is -3.59. The van der Waals surface area contributed by atoms with Crippen LogP contribution in [0.15, 0.2) is 48.8 Å². The molecule has 1 aliphatic heterocycles. The lowest BCUT2D eigenvalue weighted by Crippen LogP contribution is -2.32. The summed E-state index contributed by atoms with van der Waals surface area (Å²) >= 11 is 0. The van der Waals surface area contributed by atoms with E-state index in [-0.39, 0.29) is 0 Å². The van der Waals surface area contributed by atoms with E-state index in [9.17, 15) is 0 Å². The zero-order valence-electron chi connectivity index (χ0n) is 17.3. The van der Waals surface area contributed by atoms with Crippen LogP contribution in [0.5, 0.6) is 11.5 Å². The van der Waals surface area contributed by atoms with Crippen molar-refractivity contribution >= 4 is 5.82 Å². The summed E-state index contributed by atoms with van der Waals surface area (Å²) in [4.78, 5) is 11.3. The van der Waals surface area contributed by atoms with E-state index in [2.05, 4.69) is 27.0 Å². The van der Waals surface area contributed by atoms with Gasteiger partial charge >= 0.3 is 0 Å². The third kappa shape index (κ3) is 4.36. The van der Waals surface area contributed by atoms with Crippen LogP contribution in [0.4, 0.5) is 5.82 Å². The second kappa shape index (κ2) is 8.83. The molecule has 0 fully saturated rings. The molecule has 6 heteroatoms. The molecule has 0 saturated heterocycles. The number of hydrogen-bond acceptors (Lipinski definition) is 6. The highest BCUT2D eigenvalue weighted by Crippen LogP contribution is 2.27. The van der Waals surface area contributed by atoms with Gasteiger partial charge in [0.2, 0.25) is 0 Å². The highest BCUT2D eigenvalue weighted by molar-refractivity contribution is 5.51. The van der Waals surface area contributed by atoms with Crippen molar-refractivity contribution in [3.63, 3.8) is 0 Å². The van der Waals surface area contributed by atoms with E-state index in [0.717, 1.165) is 59.2 Å². The Labute approximate surface area is 176 Å². The molecular formula is C24H24N4O2. The summed E-state index contributed by atoms with van der Waals surface area (Å²) < 4.78 is 11.7. The van der Waals surface area contributed by atoms with Crippen molar-refractivity contribution < 1.29 is 9.47 Å². The highest BCUT2D eigenvalue weighted by Gasteiger charge is 2.20. The number of aryl methyl sites for hydroxylation is 2. The number of anilines is 1. The van der Waals surface area contributed by atoms with Gasteiger partial charge in [-0.15, -0.1) is 0 Å². The van der Waals surface area contributed by atoms with Crippen molar-refractivity contribution in [2.24, 2.45) is 0 Å². The number of hydrogen-bond donors (Lipinski definition) is 0. The molecule has 0 saturated carbocycles. The van der Waals surface area contributed by atoms with E-state index in [1.165, 1.54) is 0 Å². The molecule has 0 spiro atoms. The number of benzene rings is 1. The van der Waals surface area contributed by atoms with Gasteiger partial charge in [0.05, 0.1) is 11.8 Å². The molecule has 152 valence electrons. The van der Waals surface area contributed by atoms with Gasteiger partial charge in [-0.1, -0.05) is 18.2 Å². The van der Waals surface area contributed by atoms with Crippen molar-refractivity contribution in [1.82, 2.24) is 9.97 Å². The van der Waals surface area contributed by atoms with E-state index >= 15 is 0 Å². The van der Waals surface area contributed by atoms with Crippen LogP contribution < -0.4 is 14.4 Å². The van der Waals surface area contributed by atoms with E-state index < -0.39 is 0 Å². The molecule has 6 nitrogen and oxygen atoms in total. The Morgan fingerprint density at radius 2 is 1.87 bits per heavy atom. The summed E-state index contributed by atoms with van der Waals surface area (Å²) in [5.74, 6) is 2.54. The first-order chi connectivity index (χ1) is 14.6. The minimum Gasteiger partial charge on any atom is -0.490 e. The van der Waals surface area contributed by atoms with Gasteiger partial charge in [0.15, 0.2) is 0 Å². The largest absolute Gasteiger partial charge is 0.490 e. The molecule has 0 amide bonds. The lowest BCUT2D eigenvalue weighted by Gasteiger charge is -2.30. The number of para-hydroxylation sites is 1. The molecule has 2 aromatic heterocycles. The van der Waals surface area contributed by atoms with Gasteiger partial charge < -0.3 is 14.4 Å². The van der Waals surface area contributed by atoms with E-state index in [4.69, 9.17) is 14.7 Å². The molecule has 0 N–H and O–H groups in total. The van der Waals surface area contributed by atoms with Gasteiger partial charge in [-0.2, -0.15) is 5.26 Å². The smallest absolute Gasteiger partial charge is 0.138 e. The average molecular weight is 400 g/mol. The van der Waals surface area contributed by atoms with Crippen molar-refractivity contribution in [3.05, 3.63) is 76.7 Å². The quantitative estimate of drug-likeness (QED) is 0.583. The maximum Gasteiger partial charge on any atom is 0.138 e. The van der Waals surface area contributed by atoms with Gasteiger partial charge in [0.1, 0.15) is 36.6 Å². The van der Waals surface area contributed by atoms with E-state index in [1.807, 2.05) is 44.2 Å². The summed E-state index contributed by atoms with van der Waals surface area (Å²) in [7, 11) is 0. The molecule has 1 aromatic carbocycles. The van der Waals surface area contributed by atoms with Crippen molar-refractivity contribution in [3.8, 4) is 17.6 Å². The number of aromatic nitrogens is 2. The van der Waals surface area contributed by atoms with E-state index in [0.29, 0.717) is 18.8 Å². The van der Waals surface area contributed by atoms with Gasteiger partial charge in [0, 0.05) is 31.4 Å². The first kappa shape index (κ1) is 19.7. The molecule has 0 atom stereocenters. The monoisotopic (exact) mass is 400 g/mol. The Bertz CT molecular complexity index is 1090. The molecule has 3 heterocycles. The normalized spacial score (nSPS) is 12.8. The maximum absolute atomic E-state index is 9.06. The summed E-state index contributed by atoms with van der Waals surface area (Å²) in [6, 6.07) is 14.0. The van der Waals surface area contributed by atoms with E-state index in [1.54, 1.807) is 12.4 Å². The fourth-order valence-electron chi connectivity index (χ4n) is 3.65. The summed E-state index contributed by atoms with van der Waals surface area (Å²) in [6.45, 7) is 6.52. The van der Waals surface area contributed by atoms with Crippen LogP contribution in [0.2, 0.25) is 0 Å². The number of pyridine rings is 2. The zero-order valence-corrected chi connectivity index (χ0v) is 17.3. The number of fused-ring (bicyclic) bond motifs is 1. The van der Waals surface area contributed by atoms with Crippen LogP contribution in [-0.4, -0.2) is 29.7 Å².